The standard InChI is InChI=1S/C9H11N3/c1-7(6-10)12-9-4-2-8(11)3-5-9/h2-5,7,12H,11H2,1H3. The number of nitrogens with zero attached hydrogens (tertiary/aromatic N) is 1. The highest BCUT2D eigenvalue weighted by atomic mass is 14.9. The number of rotatable bonds is 2. The van der Waals surface area contributed by atoms with E-state index in [1.165, 1.54) is 0 Å². The molecule has 0 radical (unpaired) electrons. The molecule has 0 aliphatic heterocycles. The predicted octanol–water partition coefficient (Wildman–Crippen LogP) is 1.59. The van der Waals surface area contributed by atoms with E-state index in [4.69, 9.17) is 11.0 Å². The first-order valence-electron chi connectivity index (χ1n) is 3.74. The summed E-state index contributed by atoms with van der Waals surface area (Å²) in [6.45, 7) is 1.80. The van der Waals surface area contributed by atoms with Gasteiger partial charge < -0.3 is 11.1 Å². The minimum Gasteiger partial charge on any atom is -0.399 e. The summed E-state index contributed by atoms with van der Waals surface area (Å²) in [7, 11) is 0. The molecule has 3 nitrogen and oxygen atoms in total. The first kappa shape index (κ1) is 8.41. The van der Waals surface area contributed by atoms with E-state index in [1.54, 1.807) is 19.1 Å². The molecule has 0 spiro atoms. The SMILES string of the molecule is CC(C#N)Nc1ccc(N)cc1. The second-order valence-corrected chi connectivity index (χ2v) is 2.62. The molecule has 0 amide bonds. The molecule has 0 aliphatic carbocycles. The van der Waals surface area contributed by atoms with Crippen LogP contribution in [0.25, 0.3) is 0 Å². The fourth-order valence-corrected chi connectivity index (χ4v) is 0.862. The summed E-state index contributed by atoms with van der Waals surface area (Å²) in [5.41, 5.74) is 7.14. The molecular weight excluding hydrogens is 150 g/mol. The molecule has 1 aromatic carbocycles. The van der Waals surface area contributed by atoms with Crippen LogP contribution < -0.4 is 11.1 Å². The molecule has 3 N–H and O–H groups in total. The van der Waals surface area contributed by atoms with Crippen LogP contribution in [-0.4, -0.2) is 6.04 Å². The van der Waals surface area contributed by atoms with E-state index in [1.807, 2.05) is 12.1 Å². The Hall–Kier alpha value is -1.69. The number of nitrogens with two attached hydrogens (primary N) is 1. The maximum atomic E-state index is 8.51. The van der Waals surface area contributed by atoms with Crippen molar-refractivity contribution >= 4 is 11.4 Å². The fraction of sp³-hybridized carbons (Fsp3) is 0.222. The van der Waals surface area contributed by atoms with Gasteiger partial charge in [0, 0.05) is 11.4 Å². The van der Waals surface area contributed by atoms with E-state index in [-0.39, 0.29) is 6.04 Å². The number of nitriles is 1. The molecule has 0 saturated carbocycles. The molecule has 0 bridgehead atoms. The van der Waals surface area contributed by atoms with Gasteiger partial charge in [0.15, 0.2) is 0 Å². The number of nitrogen functional groups attached to an aromatic ring is 1. The Labute approximate surface area is 71.8 Å². The highest BCUT2D eigenvalue weighted by Crippen LogP contribution is 2.10. The lowest BCUT2D eigenvalue weighted by atomic mass is 10.2. The Morgan fingerprint density at radius 3 is 2.50 bits per heavy atom. The number of hydrogen-bond acceptors (Lipinski definition) is 3. The lowest BCUT2D eigenvalue weighted by molar-refractivity contribution is 1.01. The Balaban J connectivity index is 2.66. The zero-order chi connectivity index (χ0) is 8.97. The minimum atomic E-state index is -0.173. The van der Waals surface area contributed by atoms with Crippen LogP contribution >= 0.6 is 0 Å². The zero-order valence-electron chi connectivity index (χ0n) is 6.91. The van der Waals surface area contributed by atoms with Gasteiger partial charge in [-0.05, 0) is 31.2 Å². The predicted molar refractivity (Wildman–Crippen MR) is 49.6 cm³/mol. The first-order chi connectivity index (χ1) is 5.72. The van der Waals surface area contributed by atoms with Gasteiger partial charge in [-0.15, -0.1) is 0 Å². The monoisotopic (exact) mass is 161 g/mol. The highest BCUT2D eigenvalue weighted by molar-refractivity contribution is 5.52. The van der Waals surface area contributed by atoms with Crippen molar-refractivity contribution in [1.82, 2.24) is 0 Å². The molecule has 1 unspecified atom stereocenters. The third-order valence-electron chi connectivity index (χ3n) is 1.49. The molecule has 0 aliphatic rings. The summed E-state index contributed by atoms with van der Waals surface area (Å²) < 4.78 is 0. The van der Waals surface area contributed by atoms with Crippen LogP contribution in [0.5, 0.6) is 0 Å². The molecule has 0 fully saturated rings. The van der Waals surface area contributed by atoms with Gasteiger partial charge in [0.2, 0.25) is 0 Å². The maximum Gasteiger partial charge on any atom is 0.111 e. The molecule has 0 saturated heterocycles. The summed E-state index contributed by atoms with van der Waals surface area (Å²) in [5.74, 6) is 0. The Bertz CT molecular complexity index is 284. The molecule has 1 atom stereocenters. The zero-order valence-corrected chi connectivity index (χ0v) is 6.91. The molecule has 12 heavy (non-hydrogen) atoms. The quantitative estimate of drug-likeness (QED) is 0.647. The first-order valence-corrected chi connectivity index (χ1v) is 3.74. The number of benzene rings is 1. The van der Waals surface area contributed by atoms with Crippen LogP contribution in [0.1, 0.15) is 6.92 Å². The van der Waals surface area contributed by atoms with Crippen molar-refractivity contribution in [1.29, 1.82) is 5.26 Å². The van der Waals surface area contributed by atoms with Gasteiger partial charge in [-0.1, -0.05) is 0 Å². The van der Waals surface area contributed by atoms with Crippen molar-refractivity contribution in [2.45, 2.75) is 13.0 Å². The number of hydrogen-bond donors (Lipinski definition) is 2. The second-order valence-electron chi connectivity index (χ2n) is 2.62. The van der Waals surface area contributed by atoms with E-state index in [0.717, 1.165) is 11.4 Å². The Morgan fingerprint density at radius 2 is 2.00 bits per heavy atom. The smallest absolute Gasteiger partial charge is 0.111 e. The van der Waals surface area contributed by atoms with E-state index in [2.05, 4.69) is 11.4 Å². The summed E-state index contributed by atoms with van der Waals surface area (Å²) in [5, 5.41) is 11.5. The van der Waals surface area contributed by atoms with Gasteiger partial charge in [0.05, 0.1) is 6.07 Å². The van der Waals surface area contributed by atoms with Crippen LogP contribution in [0.15, 0.2) is 24.3 Å². The van der Waals surface area contributed by atoms with Crippen LogP contribution in [0.2, 0.25) is 0 Å². The number of nitrogens with one attached hydrogen (secondary N) is 1. The normalized spacial score (nSPS) is 11.7. The molecule has 3 heteroatoms. The minimum absolute atomic E-state index is 0.173. The highest BCUT2D eigenvalue weighted by Gasteiger charge is 1.97. The Kier molecular flexibility index (Phi) is 2.54. The maximum absolute atomic E-state index is 8.51. The van der Waals surface area contributed by atoms with Gasteiger partial charge in [-0.2, -0.15) is 5.26 Å². The lowest BCUT2D eigenvalue weighted by Crippen LogP contribution is -2.11. The topological polar surface area (TPSA) is 61.8 Å². The molecule has 0 aromatic heterocycles. The second kappa shape index (κ2) is 3.63. The van der Waals surface area contributed by atoms with Crippen molar-refractivity contribution in [2.75, 3.05) is 11.1 Å². The van der Waals surface area contributed by atoms with Gasteiger partial charge in [-0.25, -0.2) is 0 Å². The molecule has 62 valence electrons. The van der Waals surface area contributed by atoms with E-state index < -0.39 is 0 Å². The van der Waals surface area contributed by atoms with Crippen LogP contribution in [0.3, 0.4) is 0 Å². The van der Waals surface area contributed by atoms with Crippen LogP contribution in [-0.2, 0) is 0 Å². The molecular formula is C9H11N3. The van der Waals surface area contributed by atoms with Crippen LogP contribution in [0.4, 0.5) is 11.4 Å². The van der Waals surface area contributed by atoms with Crippen molar-refractivity contribution in [2.24, 2.45) is 0 Å². The summed E-state index contributed by atoms with van der Waals surface area (Å²) in [6.07, 6.45) is 0. The molecule has 1 aromatic rings. The summed E-state index contributed by atoms with van der Waals surface area (Å²) in [6, 6.07) is 9.21. The Morgan fingerprint density at radius 1 is 1.42 bits per heavy atom. The van der Waals surface area contributed by atoms with Crippen molar-refractivity contribution in [3.8, 4) is 6.07 Å². The van der Waals surface area contributed by atoms with Crippen LogP contribution in [0, 0.1) is 11.3 Å². The van der Waals surface area contributed by atoms with Gasteiger partial charge >= 0.3 is 0 Å². The van der Waals surface area contributed by atoms with Crippen molar-refractivity contribution in [3.05, 3.63) is 24.3 Å². The fourth-order valence-electron chi connectivity index (χ4n) is 0.862. The average molecular weight is 161 g/mol. The largest absolute Gasteiger partial charge is 0.399 e. The van der Waals surface area contributed by atoms with E-state index in [9.17, 15) is 0 Å². The van der Waals surface area contributed by atoms with E-state index in [0.29, 0.717) is 0 Å². The summed E-state index contributed by atoms with van der Waals surface area (Å²) >= 11 is 0. The van der Waals surface area contributed by atoms with Gasteiger partial charge in [0.25, 0.3) is 0 Å². The third kappa shape index (κ3) is 2.17. The van der Waals surface area contributed by atoms with Gasteiger partial charge in [-0.3, -0.25) is 0 Å². The molecule has 1 rings (SSSR count). The lowest BCUT2D eigenvalue weighted by Gasteiger charge is -2.07. The summed E-state index contributed by atoms with van der Waals surface area (Å²) in [4.78, 5) is 0. The van der Waals surface area contributed by atoms with Gasteiger partial charge in [0.1, 0.15) is 6.04 Å². The number of anilines is 2. The molecule has 0 heterocycles. The third-order valence-corrected chi connectivity index (χ3v) is 1.49. The van der Waals surface area contributed by atoms with Crippen molar-refractivity contribution in [3.63, 3.8) is 0 Å². The van der Waals surface area contributed by atoms with E-state index >= 15 is 0 Å². The van der Waals surface area contributed by atoms with Crippen molar-refractivity contribution < 1.29 is 0 Å². The average Bonchev–Trinajstić information content (AvgIpc) is 2.09.